The first-order valence-electron chi connectivity index (χ1n) is 5.36. The van der Waals surface area contributed by atoms with E-state index in [-0.39, 0.29) is 17.3 Å². The van der Waals surface area contributed by atoms with Crippen molar-refractivity contribution in [3.8, 4) is 0 Å². The van der Waals surface area contributed by atoms with Gasteiger partial charge in [0, 0.05) is 5.39 Å². The average molecular weight is 254 g/mol. The average Bonchev–Trinajstić information content (AvgIpc) is 2.25. The fraction of sp³-hybridized carbons (Fsp3) is 0.333. The van der Waals surface area contributed by atoms with E-state index in [1.165, 1.54) is 13.8 Å². The Balaban J connectivity index is 2.72. The van der Waals surface area contributed by atoms with Gasteiger partial charge in [-0.2, -0.15) is 5.10 Å². The van der Waals surface area contributed by atoms with E-state index in [1.807, 2.05) is 0 Å². The zero-order valence-corrected chi connectivity index (χ0v) is 9.94. The molecule has 2 rings (SSSR count). The molecule has 6 heteroatoms. The maximum Gasteiger partial charge on any atom is 0.277 e. The van der Waals surface area contributed by atoms with Crippen molar-refractivity contribution in [2.75, 3.05) is 0 Å². The Hall–Kier alpha value is -1.82. The molecule has 0 aliphatic carbocycles. The summed E-state index contributed by atoms with van der Waals surface area (Å²) in [6, 6.07) is 1.84. The summed E-state index contributed by atoms with van der Waals surface area (Å²) in [4.78, 5) is 12.0. The summed E-state index contributed by atoms with van der Waals surface area (Å²) < 4.78 is 27.9. The molecule has 0 saturated heterocycles. The van der Waals surface area contributed by atoms with Crippen LogP contribution in [-0.4, -0.2) is 20.5 Å². The van der Waals surface area contributed by atoms with Crippen LogP contribution in [-0.2, 0) is 6.54 Å². The molecule has 4 nitrogen and oxygen atoms in total. The Morgan fingerprint density at radius 3 is 2.56 bits per heavy atom. The molecule has 2 aromatic rings. The molecule has 1 aromatic heterocycles. The maximum absolute atomic E-state index is 13.6. The van der Waals surface area contributed by atoms with Crippen LogP contribution in [0.25, 0.3) is 10.8 Å². The second-order valence-corrected chi connectivity index (χ2v) is 4.74. The van der Waals surface area contributed by atoms with Crippen molar-refractivity contribution in [1.82, 2.24) is 9.78 Å². The van der Waals surface area contributed by atoms with Crippen LogP contribution in [0.2, 0.25) is 0 Å². The third kappa shape index (κ3) is 2.24. The maximum atomic E-state index is 13.6. The zero-order valence-electron chi connectivity index (χ0n) is 9.94. The first kappa shape index (κ1) is 12.6. The highest BCUT2D eigenvalue weighted by atomic mass is 19.1. The van der Waals surface area contributed by atoms with Crippen LogP contribution in [0.1, 0.15) is 13.8 Å². The lowest BCUT2D eigenvalue weighted by Gasteiger charge is -2.17. The molecule has 1 N–H and O–H groups in total. The lowest BCUT2D eigenvalue weighted by Crippen LogP contribution is -2.34. The van der Waals surface area contributed by atoms with Crippen molar-refractivity contribution >= 4 is 10.8 Å². The van der Waals surface area contributed by atoms with E-state index < -0.39 is 22.8 Å². The van der Waals surface area contributed by atoms with Crippen LogP contribution < -0.4 is 5.56 Å². The van der Waals surface area contributed by atoms with E-state index in [4.69, 9.17) is 0 Å². The van der Waals surface area contributed by atoms with Crippen molar-refractivity contribution in [2.45, 2.75) is 26.0 Å². The summed E-state index contributed by atoms with van der Waals surface area (Å²) >= 11 is 0. The summed E-state index contributed by atoms with van der Waals surface area (Å²) in [5, 5.41) is 12.8. The first-order valence-corrected chi connectivity index (χ1v) is 5.36. The quantitative estimate of drug-likeness (QED) is 0.882. The predicted molar refractivity (Wildman–Crippen MR) is 62.2 cm³/mol. The lowest BCUT2D eigenvalue weighted by molar-refractivity contribution is 0.0563. The minimum atomic E-state index is -1.17. The Bertz CT molecular complexity index is 659. The lowest BCUT2D eigenvalue weighted by atomic mass is 10.1. The fourth-order valence-corrected chi connectivity index (χ4v) is 1.70. The van der Waals surface area contributed by atoms with Gasteiger partial charge in [-0.3, -0.25) is 4.79 Å². The first-order chi connectivity index (χ1) is 8.29. The summed E-state index contributed by atoms with van der Waals surface area (Å²) in [6.07, 6.45) is 1.08. The fourth-order valence-electron chi connectivity index (χ4n) is 1.70. The summed E-state index contributed by atoms with van der Waals surface area (Å²) in [5.74, 6) is -1.50. The highest BCUT2D eigenvalue weighted by Gasteiger charge is 2.18. The van der Waals surface area contributed by atoms with Crippen LogP contribution in [0.15, 0.2) is 23.1 Å². The van der Waals surface area contributed by atoms with Gasteiger partial charge in [0.15, 0.2) is 0 Å². The van der Waals surface area contributed by atoms with Gasteiger partial charge in [-0.25, -0.2) is 13.5 Å². The highest BCUT2D eigenvalue weighted by Crippen LogP contribution is 2.16. The van der Waals surface area contributed by atoms with Crippen molar-refractivity contribution in [3.63, 3.8) is 0 Å². The Morgan fingerprint density at radius 2 is 1.94 bits per heavy atom. The van der Waals surface area contributed by atoms with E-state index in [9.17, 15) is 18.7 Å². The summed E-state index contributed by atoms with van der Waals surface area (Å²) in [6.45, 7) is 2.89. The summed E-state index contributed by atoms with van der Waals surface area (Å²) in [7, 11) is 0. The van der Waals surface area contributed by atoms with Gasteiger partial charge in [-0.15, -0.1) is 0 Å². The van der Waals surface area contributed by atoms with Crippen LogP contribution in [0, 0.1) is 11.6 Å². The number of aromatic nitrogens is 2. The normalized spacial score (nSPS) is 12.1. The van der Waals surface area contributed by atoms with Crippen LogP contribution in [0.4, 0.5) is 8.78 Å². The third-order valence-corrected chi connectivity index (χ3v) is 2.45. The molecule has 96 valence electrons. The van der Waals surface area contributed by atoms with Gasteiger partial charge in [0.05, 0.1) is 23.7 Å². The highest BCUT2D eigenvalue weighted by molar-refractivity contribution is 5.81. The molecule has 0 bridgehead atoms. The minimum absolute atomic E-state index is 0.0995. The molecule has 0 fully saturated rings. The summed E-state index contributed by atoms with van der Waals surface area (Å²) in [5.41, 5.74) is -1.93. The van der Waals surface area contributed by atoms with Crippen molar-refractivity contribution < 1.29 is 13.9 Å². The Kier molecular flexibility index (Phi) is 2.90. The van der Waals surface area contributed by atoms with Crippen molar-refractivity contribution in [3.05, 3.63) is 40.3 Å². The monoisotopic (exact) mass is 254 g/mol. The number of halogens is 2. The third-order valence-electron chi connectivity index (χ3n) is 2.45. The van der Waals surface area contributed by atoms with Crippen molar-refractivity contribution in [2.24, 2.45) is 0 Å². The van der Waals surface area contributed by atoms with E-state index >= 15 is 0 Å². The van der Waals surface area contributed by atoms with Crippen LogP contribution in [0.5, 0.6) is 0 Å². The molecular formula is C12H12F2N2O2. The molecule has 0 aliphatic rings. The van der Waals surface area contributed by atoms with Gasteiger partial charge in [0.1, 0.15) is 11.6 Å². The SMILES string of the molecule is CC(C)(O)Cn1ncc2c(F)ccc(F)c2c1=O. The molecule has 0 radical (unpaired) electrons. The second-order valence-electron chi connectivity index (χ2n) is 4.74. The number of aliphatic hydroxyl groups is 1. The number of fused-ring (bicyclic) bond motifs is 1. The van der Waals surface area contributed by atoms with Crippen molar-refractivity contribution in [1.29, 1.82) is 0 Å². The Morgan fingerprint density at radius 1 is 1.33 bits per heavy atom. The molecule has 0 spiro atoms. The van der Waals surface area contributed by atoms with Gasteiger partial charge < -0.3 is 5.11 Å². The molecule has 18 heavy (non-hydrogen) atoms. The molecular weight excluding hydrogens is 242 g/mol. The smallest absolute Gasteiger partial charge is 0.277 e. The van der Waals surface area contributed by atoms with Crippen LogP contribution >= 0.6 is 0 Å². The number of benzene rings is 1. The molecule has 0 atom stereocenters. The molecule has 0 amide bonds. The Labute approximate surface area is 101 Å². The molecule has 1 aromatic carbocycles. The standard InChI is InChI=1S/C12H12F2N2O2/c1-12(2,18)6-16-11(17)10-7(5-15-16)8(13)3-4-9(10)14/h3-5,18H,6H2,1-2H3. The van der Waals surface area contributed by atoms with E-state index in [0.29, 0.717) is 0 Å². The zero-order chi connectivity index (χ0) is 13.5. The van der Waals surface area contributed by atoms with E-state index in [2.05, 4.69) is 5.10 Å². The van der Waals surface area contributed by atoms with Gasteiger partial charge in [-0.1, -0.05) is 0 Å². The van der Waals surface area contributed by atoms with Gasteiger partial charge in [0.25, 0.3) is 5.56 Å². The van der Waals surface area contributed by atoms with Crippen LogP contribution in [0.3, 0.4) is 0 Å². The van der Waals surface area contributed by atoms with Gasteiger partial charge in [-0.05, 0) is 26.0 Å². The molecule has 0 saturated carbocycles. The minimum Gasteiger partial charge on any atom is -0.389 e. The van der Waals surface area contributed by atoms with Gasteiger partial charge >= 0.3 is 0 Å². The predicted octanol–water partition coefficient (Wildman–Crippen LogP) is 1.45. The molecule has 0 aliphatic heterocycles. The molecule has 0 unspecified atom stereocenters. The van der Waals surface area contributed by atoms with Gasteiger partial charge in [0.2, 0.25) is 0 Å². The number of rotatable bonds is 2. The number of hydrogen-bond acceptors (Lipinski definition) is 3. The molecule has 1 heterocycles. The van der Waals surface area contributed by atoms with E-state index in [0.717, 1.165) is 23.0 Å². The van der Waals surface area contributed by atoms with E-state index in [1.54, 1.807) is 0 Å². The number of hydrogen-bond donors (Lipinski definition) is 1. The largest absolute Gasteiger partial charge is 0.389 e. The number of nitrogens with zero attached hydrogens (tertiary/aromatic N) is 2. The topological polar surface area (TPSA) is 55.1 Å². The second kappa shape index (κ2) is 4.13.